The molecule has 0 amide bonds. The van der Waals surface area contributed by atoms with Crippen LogP contribution < -0.4 is 15.0 Å². The molecule has 2 aliphatic heterocycles. The predicted octanol–water partition coefficient (Wildman–Crippen LogP) is 3.74. The van der Waals surface area contributed by atoms with Gasteiger partial charge in [-0.2, -0.15) is 5.10 Å². The first-order valence-electron chi connectivity index (χ1n) is 12.5. The maximum absolute atomic E-state index is 10.7. The Morgan fingerprint density at radius 1 is 1.06 bits per heavy atom. The van der Waals surface area contributed by atoms with Crippen LogP contribution in [0.5, 0.6) is 11.6 Å². The average Bonchev–Trinajstić information content (AvgIpc) is 3.69. The Labute approximate surface area is 205 Å². The van der Waals surface area contributed by atoms with E-state index in [9.17, 15) is 5.11 Å². The van der Waals surface area contributed by atoms with Gasteiger partial charge in [0, 0.05) is 35.3 Å². The second-order valence-electron chi connectivity index (χ2n) is 10.4. The van der Waals surface area contributed by atoms with E-state index in [-0.39, 0.29) is 11.3 Å². The van der Waals surface area contributed by atoms with Gasteiger partial charge in [0.2, 0.25) is 5.88 Å². The minimum atomic E-state index is 0.0889. The zero-order chi connectivity index (χ0) is 24.0. The van der Waals surface area contributed by atoms with E-state index in [1.54, 1.807) is 25.4 Å². The quantitative estimate of drug-likeness (QED) is 0.553. The topological polar surface area (TPSA) is 109 Å². The first-order chi connectivity index (χ1) is 17.0. The summed E-state index contributed by atoms with van der Waals surface area (Å²) in [7, 11) is 1.55. The number of phenolic OH excluding ortho intramolecular Hbond substituents is 1. The number of ether oxygens (including phenoxy) is 1. The van der Waals surface area contributed by atoms with Crippen molar-refractivity contribution in [2.24, 2.45) is 0 Å². The van der Waals surface area contributed by atoms with Crippen molar-refractivity contribution in [3.8, 4) is 34.1 Å². The molecule has 4 heterocycles. The van der Waals surface area contributed by atoms with Crippen molar-refractivity contribution in [3.05, 3.63) is 36.7 Å². The molecule has 0 unspecified atom stereocenters. The molecule has 1 saturated carbocycles. The number of aromatic nitrogens is 5. The standard InChI is InChI=1S/C26H31N7O2/c1-26-9-3-4-18(29-26)12-20(13-26)33(19-6-7-19)23-15-27-25(32-30-23)21-8-5-16(10-22(21)34)17-11-24(35-2)31-28-14-17/h5,8,10-11,14-15,18-20,29,34H,3-4,6-7,9,12-13H2,1-2H3/t18-,20-,26+/m0/s1. The van der Waals surface area contributed by atoms with Crippen LogP contribution in [0.2, 0.25) is 0 Å². The molecular formula is C26H31N7O2. The highest BCUT2D eigenvalue weighted by Gasteiger charge is 2.45. The van der Waals surface area contributed by atoms with Crippen LogP contribution in [0.25, 0.3) is 22.5 Å². The van der Waals surface area contributed by atoms with E-state index in [1.807, 2.05) is 18.3 Å². The second-order valence-corrected chi connectivity index (χ2v) is 10.4. The minimum Gasteiger partial charge on any atom is -0.507 e. The molecule has 182 valence electrons. The number of rotatable bonds is 6. The molecular weight excluding hydrogens is 442 g/mol. The molecule has 9 nitrogen and oxygen atoms in total. The van der Waals surface area contributed by atoms with Crippen LogP contribution in [-0.2, 0) is 0 Å². The summed E-state index contributed by atoms with van der Waals surface area (Å²) < 4.78 is 5.15. The van der Waals surface area contributed by atoms with Gasteiger partial charge in [-0.1, -0.05) is 12.5 Å². The van der Waals surface area contributed by atoms with Gasteiger partial charge in [-0.05, 0) is 63.1 Å². The summed E-state index contributed by atoms with van der Waals surface area (Å²) in [5.41, 5.74) is 2.35. The Hall–Kier alpha value is -3.33. The number of hydrogen-bond acceptors (Lipinski definition) is 9. The summed E-state index contributed by atoms with van der Waals surface area (Å²) in [6, 6.07) is 8.72. The zero-order valence-electron chi connectivity index (χ0n) is 20.2. The lowest BCUT2D eigenvalue weighted by atomic mass is 9.75. The Morgan fingerprint density at radius 3 is 2.66 bits per heavy atom. The summed E-state index contributed by atoms with van der Waals surface area (Å²) in [6.45, 7) is 2.37. The van der Waals surface area contributed by atoms with Crippen LogP contribution in [0.1, 0.15) is 51.9 Å². The molecule has 3 atom stereocenters. The number of aromatic hydroxyl groups is 1. The third-order valence-corrected chi connectivity index (χ3v) is 7.64. The molecule has 3 aromatic rings. The molecule has 6 rings (SSSR count). The van der Waals surface area contributed by atoms with Crippen LogP contribution in [-0.4, -0.2) is 61.3 Å². The summed E-state index contributed by atoms with van der Waals surface area (Å²) in [4.78, 5) is 7.10. The largest absolute Gasteiger partial charge is 0.507 e. The van der Waals surface area contributed by atoms with Crippen molar-refractivity contribution in [1.82, 2.24) is 30.7 Å². The van der Waals surface area contributed by atoms with E-state index in [4.69, 9.17) is 4.74 Å². The average molecular weight is 474 g/mol. The minimum absolute atomic E-state index is 0.0889. The van der Waals surface area contributed by atoms with E-state index in [1.165, 1.54) is 32.1 Å². The number of methoxy groups -OCH3 is 1. The molecule has 2 bridgehead atoms. The number of benzene rings is 1. The normalized spacial score (nSPS) is 25.8. The highest BCUT2D eigenvalue weighted by molar-refractivity contribution is 5.72. The smallest absolute Gasteiger partial charge is 0.233 e. The van der Waals surface area contributed by atoms with Gasteiger partial charge in [0.25, 0.3) is 0 Å². The van der Waals surface area contributed by atoms with Crippen LogP contribution >= 0.6 is 0 Å². The first-order valence-corrected chi connectivity index (χ1v) is 12.5. The maximum Gasteiger partial charge on any atom is 0.233 e. The molecule has 2 saturated heterocycles. The van der Waals surface area contributed by atoms with Gasteiger partial charge >= 0.3 is 0 Å². The number of anilines is 1. The number of nitrogens with one attached hydrogen (secondary N) is 1. The lowest BCUT2D eigenvalue weighted by Crippen LogP contribution is -2.61. The molecule has 3 aliphatic rings. The third-order valence-electron chi connectivity index (χ3n) is 7.64. The summed E-state index contributed by atoms with van der Waals surface area (Å²) in [6.07, 6.45) is 11.9. The molecule has 9 heteroatoms. The first kappa shape index (κ1) is 22.2. The molecule has 1 aliphatic carbocycles. The van der Waals surface area contributed by atoms with Gasteiger partial charge in [-0.15, -0.1) is 15.3 Å². The Balaban J connectivity index is 1.24. The Kier molecular flexibility index (Phi) is 5.51. The molecule has 3 fully saturated rings. The number of piperidine rings is 2. The summed E-state index contributed by atoms with van der Waals surface area (Å²) in [5.74, 6) is 1.76. The van der Waals surface area contributed by atoms with Crippen LogP contribution in [0.15, 0.2) is 36.7 Å². The van der Waals surface area contributed by atoms with Crippen LogP contribution in [0.3, 0.4) is 0 Å². The SMILES string of the molecule is COc1cc(-c2ccc(-c3ncc(N(C4CC4)[C@H]4C[C@@H]5CCC[C@](C)(C4)N5)nn3)c(O)c2)cnn1. The fraction of sp³-hybridized carbons (Fsp3) is 0.500. The highest BCUT2D eigenvalue weighted by Crippen LogP contribution is 2.41. The number of nitrogens with zero attached hydrogens (tertiary/aromatic N) is 6. The second kappa shape index (κ2) is 8.71. The molecule has 0 spiro atoms. The van der Waals surface area contributed by atoms with E-state index in [0.29, 0.717) is 35.4 Å². The number of fused-ring (bicyclic) bond motifs is 2. The molecule has 35 heavy (non-hydrogen) atoms. The maximum atomic E-state index is 10.7. The monoisotopic (exact) mass is 473 g/mol. The lowest BCUT2D eigenvalue weighted by molar-refractivity contribution is 0.138. The predicted molar refractivity (Wildman–Crippen MR) is 132 cm³/mol. The van der Waals surface area contributed by atoms with E-state index in [2.05, 4.69) is 42.5 Å². The van der Waals surface area contributed by atoms with Gasteiger partial charge < -0.3 is 20.1 Å². The van der Waals surface area contributed by atoms with Gasteiger partial charge in [0.05, 0.1) is 25.1 Å². The van der Waals surface area contributed by atoms with E-state index < -0.39 is 0 Å². The van der Waals surface area contributed by atoms with Gasteiger partial charge in [-0.25, -0.2) is 4.98 Å². The Bertz CT molecular complexity index is 1220. The molecule has 1 aromatic carbocycles. The van der Waals surface area contributed by atoms with Crippen LogP contribution in [0.4, 0.5) is 5.82 Å². The lowest BCUT2D eigenvalue weighted by Gasteiger charge is -2.50. The number of phenols is 1. The van der Waals surface area contributed by atoms with Gasteiger partial charge in [0.1, 0.15) is 5.75 Å². The molecule has 0 radical (unpaired) electrons. The fourth-order valence-corrected chi connectivity index (χ4v) is 5.90. The summed E-state index contributed by atoms with van der Waals surface area (Å²) >= 11 is 0. The van der Waals surface area contributed by atoms with Crippen molar-refractivity contribution < 1.29 is 9.84 Å². The molecule has 2 N–H and O–H groups in total. The third kappa shape index (κ3) is 4.40. The van der Waals surface area contributed by atoms with Gasteiger partial charge in [0.15, 0.2) is 11.6 Å². The van der Waals surface area contributed by atoms with E-state index in [0.717, 1.165) is 29.8 Å². The molecule has 2 aromatic heterocycles. The number of hydrogen-bond donors (Lipinski definition) is 2. The van der Waals surface area contributed by atoms with Gasteiger partial charge in [-0.3, -0.25) is 0 Å². The van der Waals surface area contributed by atoms with Crippen molar-refractivity contribution in [2.75, 3.05) is 12.0 Å². The van der Waals surface area contributed by atoms with Crippen LogP contribution in [0, 0.1) is 0 Å². The van der Waals surface area contributed by atoms with Crippen molar-refractivity contribution in [2.45, 2.75) is 75.5 Å². The summed E-state index contributed by atoms with van der Waals surface area (Å²) in [5, 5.41) is 31.5. The zero-order valence-corrected chi connectivity index (χ0v) is 20.2. The van der Waals surface area contributed by atoms with Crippen molar-refractivity contribution >= 4 is 5.82 Å². The van der Waals surface area contributed by atoms with E-state index >= 15 is 0 Å². The fourth-order valence-electron chi connectivity index (χ4n) is 5.90. The van der Waals surface area contributed by atoms with Crippen molar-refractivity contribution in [1.29, 1.82) is 0 Å². The Morgan fingerprint density at radius 2 is 1.94 bits per heavy atom. The van der Waals surface area contributed by atoms with Crippen molar-refractivity contribution in [3.63, 3.8) is 0 Å². The highest BCUT2D eigenvalue weighted by atomic mass is 16.5.